The smallest absolute Gasteiger partial charge is 0.345 e. The normalized spacial score (nSPS) is 17.0. The van der Waals surface area contributed by atoms with Gasteiger partial charge in [-0.15, -0.1) is 11.3 Å². The zero-order chi connectivity index (χ0) is 15.6. The maximum absolute atomic E-state index is 12.3. The quantitative estimate of drug-likeness (QED) is 0.866. The second-order valence-corrected chi connectivity index (χ2v) is 6.93. The number of β-amino-alcohol motifs (C(OH)–C–C–N with tert-alkyl or cyclic N) is 1. The number of aromatic carboxylic acids is 1. The molecular formula is C14H20N2O4S. The Morgan fingerprint density at radius 3 is 2.24 bits per heavy atom. The van der Waals surface area contributed by atoms with E-state index in [2.05, 4.69) is 4.90 Å². The number of carbonyl (C=O) groups excluding carboxylic acids is 1. The van der Waals surface area contributed by atoms with E-state index in [-0.39, 0.29) is 10.8 Å². The lowest BCUT2D eigenvalue weighted by molar-refractivity contribution is 0.0179. The van der Waals surface area contributed by atoms with Gasteiger partial charge in [0.15, 0.2) is 0 Å². The van der Waals surface area contributed by atoms with E-state index in [4.69, 9.17) is 5.11 Å². The van der Waals surface area contributed by atoms with E-state index in [0.717, 1.165) is 11.3 Å². The minimum Gasteiger partial charge on any atom is -0.477 e. The Morgan fingerprint density at radius 1 is 1.19 bits per heavy atom. The molecule has 0 unspecified atom stereocenters. The van der Waals surface area contributed by atoms with Gasteiger partial charge < -0.3 is 15.1 Å². The molecule has 1 aliphatic heterocycles. The van der Waals surface area contributed by atoms with Crippen LogP contribution >= 0.6 is 11.3 Å². The number of carboxylic acids is 1. The zero-order valence-electron chi connectivity index (χ0n) is 12.2. The first-order valence-electron chi connectivity index (χ1n) is 6.83. The summed E-state index contributed by atoms with van der Waals surface area (Å²) in [5, 5.41) is 18.7. The molecule has 1 aliphatic rings. The summed E-state index contributed by atoms with van der Waals surface area (Å²) in [5.41, 5.74) is -0.740. The summed E-state index contributed by atoms with van der Waals surface area (Å²) in [7, 11) is 0. The number of piperazine rings is 1. The Bertz CT molecular complexity index is 527. The molecule has 1 amide bonds. The van der Waals surface area contributed by atoms with Crippen molar-refractivity contribution in [2.45, 2.75) is 19.4 Å². The van der Waals surface area contributed by atoms with Crippen LogP contribution in [-0.2, 0) is 0 Å². The van der Waals surface area contributed by atoms with Crippen LogP contribution in [0.25, 0.3) is 0 Å². The van der Waals surface area contributed by atoms with Crippen molar-refractivity contribution in [1.82, 2.24) is 9.80 Å². The Morgan fingerprint density at radius 2 is 1.76 bits per heavy atom. The molecule has 0 bridgehead atoms. The lowest BCUT2D eigenvalue weighted by Gasteiger charge is -2.37. The summed E-state index contributed by atoms with van der Waals surface area (Å²) in [6.45, 7) is 6.73. The lowest BCUT2D eigenvalue weighted by Crippen LogP contribution is -2.51. The molecule has 7 heteroatoms. The molecule has 0 saturated carbocycles. The van der Waals surface area contributed by atoms with E-state index in [1.54, 1.807) is 24.8 Å². The molecule has 1 aromatic heterocycles. The first-order chi connectivity index (χ1) is 9.76. The summed E-state index contributed by atoms with van der Waals surface area (Å²) in [4.78, 5) is 27.6. The van der Waals surface area contributed by atoms with Gasteiger partial charge in [0.05, 0.1) is 10.5 Å². The van der Waals surface area contributed by atoms with Crippen LogP contribution in [-0.4, -0.2) is 70.2 Å². The van der Waals surface area contributed by atoms with E-state index in [9.17, 15) is 14.7 Å². The van der Waals surface area contributed by atoms with Crippen LogP contribution in [0.3, 0.4) is 0 Å². The Labute approximate surface area is 127 Å². The van der Waals surface area contributed by atoms with Gasteiger partial charge in [-0.2, -0.15) is 0 Å². The first kappa shape index (κ1) is 15.9. The average molecular weight is 312 g/mol. The summed E-state index contributed by atoms with van der Waals surface area (Å²) < 4.78 is 0. The summed E-state index contributed by atoms with van der Waals surface area (Å²) >= 11 is 1.01. The minimum atomic E-state index is -1.01. The topological polar surface area (TPSA) is 81.1 Å². The molecule has 0 radical (unpaired) electrons. The third-order valence-corrected chi connectivity index (χ3v) is 4.36. The third-order valence-electron chi connectivity index (χ3n) is 3.30. The van der Waals surface area contributed by atoms with Crippen LogP contribution in [0.1, 0.15) is 33.2 Å². The molecule has 0 aliphatic carbocycles. The van der Waals surface area contributed by atoms with Crippen LogP contribution in [0.5, 0.6) is 0 Å². The molecule has 0 atom stereocenters. The predicted molar refractivity (Wildman–Crippen MR) is 79.9 cm³/mol. The number of hydrogen-bond acceptors (Lipinski definition) is 5. The summed E-state index contributed by atoms with van der Waals surface area (Å²) in [5.74, 6) is -1.12. The lowest BCUT2D eigenvalue weighted by atomic mass is 10.1. The number of carbonyl (C=O) groups is 2. The molecule has 1 fully saturated rings. The molecule has 21 heavy (non-hydrogen) atoms. The van der Waals surface area contributed by atoms with Crippen molar-refractivity contribution in [1.29, 1.82) is 0 Å². The molecular weight excluding hydrogens is 292 g/mol. The monoisotopic (exact) mass is 312 g/mol. The highest BCUT2D eigenvalue weighted by atomic mass is 32.1. The van der Waals surface area contributed by atoms with E-state index >= 15 is 0 Å². The fraction of sp³-hybridized carbons (Fsp3) is 0.571. The molecule has 0 spiro atoms. The van der Waals surface area contributed by atoms with Crippen LogP contribution in [0.15, 0.2) is 12.1 Å². The van der Waals surface area contributed by atoms with E-state index in [1.165, 1.54) is 6.07 Å². The third kappa shape index (κ3) is 4.26. The molecule has 6 nitrogen and oxygen atoms in total. The van der Waals surface area contributed by atoms with E-state index in [0.29, 0.717) is 37.6 Å². The van der Waals surface area contributed by atoms with Gasteiger partial charge in [-0.1, -0.05) is 0 Å². The van der Waals surface area contributed by atoms with Crippen molar-refractivity contribution >= 4 is 23.2 Å². The highest BCUT2D eigenvalue weighted by molar-refractivity contribution is 7.15. The van der Waals surface area contributed by atoms with Gasteiger partial charge in [0.2, 0.25) is 0 Å². The summed E-state index contributed by atoms with van der Waals surface area (Å²) in [6, 6.07) is 3.03. The summed E-state index contributed by atoms with van der Waals surface area (Å²) in [6.07, 6.45) is 0. The maximum Gasteiger partial charge on any atom is 0.345 e. The van der Waals surface area contributed by atoms with Gasteiger partial charge in [-0.05, 0) is 26.0 Å². The number of rotatable bonds is 4. The number of amides is 1. The number of hydrogen-bond donors (Lipinski definition) is 2. The van der Waals surface area contributed by atoms with Crippen molar-refractivity contribution in [3.8, 4) is 0 Å². The van der Waals surface area contributed by atoms with Crippen molar-refractivity contribution in [3.05, 3.63) is 21.9 Å². The van der Waals surface area contributed by atoms with E-state index < -0.39 is 11.6 Å². The van der Waals surface area contributed by atoms with Gasteiger partial charge in [0, 0.05) is 32.7 Å². The van der Waals surface area contributed by atoms with Crippen molar-refractivity contribution in [2.75, 3.05) is 32.7 Å². The molecule has 1 aromatic rings. The van der Waals surface area contributed by atoms with Crippen LogP contribution in [0, 0.1) is 0 Å². The Kier molecular flexibility index (Phi) is 4.65. The first-order valence-corrected chi connectivity index (χ1v) is 7.65. The second-order valence-electron chi connectivity index (χ2n) is 5.85. The molecule has 0 aromatic carbocycles. The molecule has 1 saturated heterocycles. The number of carboxylic acid groups (broad SMARTS) is 1. The molecule has 2 heterocycles. The standard InChI is InChI=1S/C14H20N2O4S/c1-14(2,20)9-15-5-7-16(8-6-15)12(17)10-3-4-11(21-10)13(18)19/h3-4,20H,5-9H2,1-2H3,(H,18,19). The van der Waals surface area contributed by atoms with Crippen molar-refractivity contribution < 1.29 is 19.8 Å². The number of aliphatic hydroxyl groups is 1. The van der Waals surface area contributed by atoms with Gasteiger partial charge in [-0.25, -0.2) is 4.79 Å². The van der Waals surface area contributed by atoms with Crippen molar-refractivity contribution in [3.63, 3.8) is 0 Å². The fourth-order valence-corrected chi connectivity index (χ4v) is 3.19. The number of thiophene rings is 1. The van der Waals surface area contributed by atoms with Gasteiger partial charge >= 0.3 is 5.97 Å². The minimum absolute atomic E-state index is 0.115. The molecule has 116 valence electrons. The molecule has 2 N–H and O–H groups in total. The maximum atomic E-state index is 12.3. The fourth-order valence-electron chi connectivity index (χ4n) is 2.38. The van der Waals surface area contributed by atoms with Crippen LogP contribution in [0.2, 0.25) is 0 Å². The van der Waals surface area contributed by atoms with Crippen molar-refractivity contribution in [2.24, 2.45) is 0 Å². The largest absolute Gasteiger partial charge is 0.477 e. The van der Waals surface area contributed by atoms with Gasteiger partial charge in [-0.3, -0.25) is 9.69 Å². The number of nitrogens with zero attached hydrogens (tertiary/aromatic N) is 2. The highest BCUT2D eigenvalue weighted by Gasteiger charge is 2.26. The van der Waals surface area contributed by atoms with Gasteiger partial charge in [0.25, 0.3) is 5.91 Å². The SMILES string of the molecule is CC(C)(O)CN1CCN(C(=O)c2ccc(C(=O)O)s2)CC1. The average Bonchev–Trinajstić information content (AvgIpc) is 2.86. The Balaban J connectivity index is 1.92. The Hall–Kier alpha value is -1.44. The van der Waals surface area contributed by atoms with Crippen LogP contribution < -0.4 is 0 Å². The molecule has 2 rings (SSSR count). The predicted octanol–water partition coefficient (Wildman–Crippen LogP) is 0.975. The zero-order valence-corrected chi connectivity index (χ0v) is 13.0. The van der Waals surface area contributed by atoms with Crippen LogP contribution in [0.4, 0.5) is 0 Å². The van der Waals surface area contributed by atoms with Gasteiger partial charge in [0.1, 0.15) is 4.88 Å². The van der Waals surface area contributed by atoms with E-state index in [1.807, 2.05) is 0 Å². The second kappa shape index (κ2) is 6.13. The highest BCUT2D eigenvalue weighted by Crippen LogP contribution is 2.19.